The van der Waals surface area contributed by atoms with E-state index < -0.39 is 5.97 Å². The van der Waals surface area contributed by atoms with Crippen LogP contribution in [0.3, 0.4) is 0 Å². The van der Waals surface area contributed by atoms with Crippen LogP contribution in [-0.2, 0) is 13.6 Å². The summed E-state index contributed by atoms with van der Waals surface area (Å²) in [6, 6.07) is 6.03. The molecular formula is C14H14N4O2. The van der Waals surface area contributed by atoms with Gasteiger partial charge in [-0.3, -0.25) is 4.68 Å². The van der Waals surface area contributed by atoms with Crippen molar-refractivity contribution in [3.63, 3.8) is 0 Å². The minimum atomic E-state index is -0.966. The van der Waals surface area contributed by atoms with Crippen LogP contribution in [0.5, 0.6) is 0 Å². The van der Waals surface area contributed by atoms with E-state index in [1.165, 1.54) is 12.4 Å². The predicted molar refractivity (Wildman–Crippen MR) is 73.7 cm³/mol. The second-order valence-corrected chi connectivity index (χ2v) is 4.77. The summed E-state index contributed by atoms with van der Waals surface area (Å²) >= 11 is 0. The van der Waals surface area contributed by atoms with Gasteiger partial charge >= 0.3 is 5.97 Å². The quantitative estimate of drug-likeness (QED) is 0.788. The van der Waals surface area contributed by atoms with Gasteiger partial charge in [-0.25, -0.2) is 9.78 Å². The first-order valence-electron chi connectivity index (χ1n) is 6.22. The maximum absolute atomic E-state index is 10.8. The Morgan fingerprint density at radius 3 is 2.90 bits per heavy atom. The number of carboxylic acids is 1. The smallest absolute Gasteiger partial charge is 0.338 e. The first-order valence-corrected chi connectivity index (χ1v) is 6.22. The minimum Gasteiger partial charge on any atom is -0.478 e. The number of benzene rings is 1. The lowest BCUT2D eigenvalue weighted by atomic mass is 10.2. The van der Waals surface area contributed by atoms with E-state index >= 15 is 0 Å². The van der Waals surface area contributed by atoms with E-state index in [4.69, 9.17) is 5.11 Å². The molecule has 2 heterocycles. The molecule has 0 spiro atoms. The molecule has 2 aromatic heterocycles. The molecule has 0 amide bonds. The molecule has 6 nitrogen and oxygen atoms in total. The summed E-state index contributed by atoms with van der Waals surface area (Å²) in [6.45, 7) is 2.49. The third-order valence-electron chi connectivity index (χ3n) is 3.39. The van der Waals surface area contributed by atoms with Crippen molar-refractivity contribution < 1.29 is 9.90 Å². The number of hydrogen-bond donors (Lipinski definition) is 1. The number of aromatic nitrogens is 4. The molecule has 0 atom stereocenters. The van der Waals surface area contributed by atoms with Crippen LogP contribution < -0.4 is 0 Å². The van der Waals surface area contributed by atoms with Crippen LogP contribution in [0.1, 0.15) is 21.7 Å². The Labute approximate surface area is 115 Å². The van der Waals surface area contributed by atoms with Crippen LogP contribution in [-0.4, -0.2) is 30.4 Å². The van der Waals surface area contributed by atoms with Crippen LogP contribution in [0.25, 0.3) is 11.0 Å². The van der Waals surface area contributed by atoms with Gasteiger partial charge in [-0.05, 0) is 24.6 Å². The van der Waals surface area contributed by atoms with E-state index in [2.05, 4.69) is 10.1 Å². The van der Waals surface area contributed by atoms with Gasteiger partial charge in [0, 0.05) is 13.2 Å². The summed E-state index contributed by atoms with van der Waals surface area (Å²) < 4.78 is 3.65. The summed E-state index contributed by atoms with van der Waals surface area (Å²) in [5, 5.41) is 12.9. The van der Waals surface area contributed by atoms with Gasteiger partial charge in [0.15, 0.2) is 0 Å². The highest BCUT2D eigenvalue weighted by atomic mass is 16.4. The molecule has 0 unspecified atom stereocenters. The van der Waals surface area contributed by atoms with Crippen molar-refractivity contribution in [1.82, 2.24) is 19.3 Å². The van der Waals surface area contributed by atoms with E-state index in [0.717, 1.165) is 22.4 Å². The van der Waals surface area contributed by atoms with E-state index in [0.29, 0.717) is 6.54 Å². The average Bonchev–Trinajstić information content (AvgIpc) is 2.96. The summed E-state index contributed by atoms with van der Waals surface area (Å²) in [7, 11) is 1.98. The first-order chi connectivity index (χ1) is 9.54. The number of aryl methyl sites for hydroxylation is 2. The Balaban J connectivity index is 1.92. The number of imidazole rings is 1. The van der Waals surface area contributed by atoms with Crippen LogP contribution >= 0.6 is 0 Å². The van der Waals surface area contributed by atoms with Crippen molar-refractivity contribution in [2.75, 3.05) is 0 Å². The Kier molecular flexibility index (Phi) is 2.78. The molecular weight excluding hydrogens is 256 g/mol. The molecule has 0 saturated carbocycles. The van der Waals surface area contributed by atoms with Gasteiger partial charge in [-0.1, -0.05) is 6.07 Å². The van der Waals surface area contributed by atoms with E-state index in [-0.39, 0.29) is 5.56 Å². The highest BCUT2D eigenvalue weighted by Crippen LogP contribution is 2.17. The standard InChI is InChI=1S/C14H14N4O2/c1-9-16-12-5-10(3-4-13(12)17(9)2)7-18-8-11(6-15-18)14(19)20/h3-6,8H,7H2,1-2H3,(H,19,20). The monoisotopic (exact) mass is 270 g/mol. The molecule has 0 radical (unpaired) electrons. The summed E-state index contributed by atoms with van der Waals surface area (Å²) in [5.74, 6) is -0.00328. The summed E-state index contributed by atoms with van der Waals surface area (Å²) in [4.78, 5) is 15.3. The van der Waals surface area contributed by atoms with Crippen molar-refractivity contribution >= 4 is 17.0 Å². The molecule has 0 fully saturated rings. The largest absolute Gasteiger partial charge is 0.478 e. The predicted octanol–water partition coefficient (Wildman–Crippen LogP) is 1.82. The van der Waals surface area contributed by atoms with Gasteiger partial charge in [0.2, 0.25) is 0 Å². The number of carbonyl (C=O) groups is 1. The van der Waals surface area contributed by atoms with Crippen molar-refractivity contribution in [3.8, 4) is 0 Å². The normalized spacial score (nSPS) is 11.1. The molecule has 0 aliphatic rings. The highest BCUT2D eigenvalue weighted by molar-refractivity contribution is 5.86. The van der Waals surface area contributed by atoms with Gasteiger partial charge in [0.25, 0.3) is 0 Å². The number of fused-ring (bicyclic) bond motifs is 1. The Morgan fingerprint density at radius 2 is 2.20 bits per heavy atom. The molecule has 0 saturated heterocycles. The highest BCUT2D eigenvalue weighted by Gasteiger charge is 2.08. The zero-order chi connectivity index (χ0) is 14.3. The topological polar surface area (TPSA) is 72.9 Å². The van der Waals surface area contributed by atoms with Crippen LogP contribution in [0, 0.1) is 6.92 Å². The maximum atomic E-state index is 10.8. The Morgan fingerprint density at radius 1 is 1.40 bits per heavy atom. The second-order valence-electron chi connectivity index (χ2n) is 4.77. The molecule has 6 heteroatoms. The lowest BCUT2D eigenvalue weighted by molar-refractivity contribution is 0.0697. The van der Waals surface area contributed by atoms with Gasteiger partial charge < -0.3 is 9.67 Å². The van der Waals surface area contributed by atoms with E-state index in [1.807, 2.05) is 36.7 Å². The summed E-state index contributed by atoms with van der Waals surface area (Å²) in [5.41, 5.74) is 3.25. The van der Waals surface area contributed by atoms with Gasteiger partial charge in [-0.15, -0.1) is 0 Å². The fourth-order valence-corrected chi connectivity index (χ4v) is 2.21. The summed E-state index contributed by atoms with van der Waals surface area (Å²) in [6.07, 6.45) is 2.88. The number of hydrogen-bond acceptors (Lipinski definition) is 3. The fraction of sp³-hybridized carbons (Fsp3) is 0.214. The molecule has 3 aromatic rings. The molecule has 1 aromatic carbocycles. The molecule has 0 bridgehead atoms. The Bertz CT molecular complexity index is 801. The Hall–Kier alpha value is -2.63. The lowest BCUT2D eigenvalue weighted by Gasteiger charge is -2.02. The molecule has 102 valence electrons. The first kappa shape index (κ1) is 12.4. The third kappa shape index (κ3) is 2.05. The van der Waals surface area contributed by atoms with Crippen LogP contribution in [0.2, 0.25) is 0 Å². The van der Waals surface area contributed by atoms with E-state index in [1.54, 1.807) is 4.68 Å². The number of carboxylic acid groups (broad SMARTS) is 1. The lowest BCUT2D eigenvalue weighted by Crippen LogP contribution is -2.00. The zero-order valence-corrected chi connectivity index (χ0v) is 11.2. The molecule has 3 rings (SSSR count). The maximum Gasteiger partial charge on any atom is 0.338 e. The van der Waals surface area contributed by atoms with Crippen molar-refractivity contribution in [2.24, 2.45) is 7.05 Å². The van der Waals surface area contributed by atoms with Gasteiger partial charge in [0.05, 0.1) is 29.3 Å². The second kappa shape index (κ2) is 4.48. The van der Waals surface area contributed by atoms with Crippen LogP contribution in [0.4, 0.5) is 0 Å². The fourth-order valence-electron chi connectivity index (χ4n) is 2.21. The van der Waals surface area contributed by atoms with Crippen molar-refractivity contribution in [1.29, 1.82) is 0 Å². The van der Waals surface area contributed by atoms with Crippen molar-refractivity contribution in [3.05, 3.63) is 47.5 Å². The minimum absolute atomic E-state index is 0.194. The zero-order valence-electron chi connectivity index (χ0n) is 11.2. The molecule has 0 aliphatic carbocycles. The van der Waals surface area contributed by atoms with Crippen molar-refractivity contribution in [2.45, 2.75) is 13.5 Å². The van der Waals surface area contributed by atoms with Gasteiger partial charge in [0.1, 0.15) is 5.82 Å². The molecule has 1 N–H and O–H groups in total. The number of nitrogens with zero attached hydrogens (tertiary/aromatic N) is 4. The molecule has 20 heavy (non-hydrogen) atoms. The average molecular weight is 270 g/mol. The van der Waals surface area contributed by atoms with E-state index in [9.17, 15) is 4.79 Å². The number of aromatic carboxylic acids is 1. The van der Waals surface area contributed by atoms with Gasteiger partial charge in [-0.2, -0.15) is 5.10 Å². The third-order valence-corrected chi connectivity index (χ3v) is 3.39. The SMILES string of the molecule is Cc1nc2cc(Cn3cc(C(=O)O)cn3)ccc2n1C. The molecule has 0 aliphatic heterocycles. The number of rotatable bonds is 3. The van der Waals surface area contributed by atoms with Crippen LogP contribution in [0.15, 0.2) is 30.6 Å².